The molecule has 1 aromatic heterocycles. The maximum atomic E-state index is 12.5. The number of carbonyl (C=O) groups is 2. The van der Waals surface area contributed by atoms with Crippen molar-refractivity contribution in [3.8, 4) is 0 Å². The van der Waals surface area contributed by atoms with Crippen molar-refractivity contribution in [1.82, 2.24) is 9.88 Å². The number of amides is 1. The molecule has 1 aliphatic carbocycles. The molecule has 6 heteroatoms. The van der Waals surface area contributed by atoms with Gasteiger partial charge in [0.1, 0.15) is 6.61 Å². The molecular weight excluding hydrogens is 342 g/mol. The van der Waals surface area contributed by atoms with Crippen LogP contribution in [0.5, 0.6) is 0 Å². The van der Waals surface area contributed by atoms with Crippen LogP contribution in [0.2, 0.25) is 0 Å². The minimum atomic E-state index is -0.339. The molecule has 0 bridgehead atoms. The summed E-state index contributed by atoms with van der Waals surface area (Å²) in [7, 11) is 3.84. The minimum Gasteiger partial charge on any atom is -0.464 e. The first-order chi connectivity index (χ1) is 13.0. The van der Waals surface area contributed by atoms with Crippen molar-refractivity contribution in [1.29, 1.82) is 0 Å². The molecule has 0 fully saturated rings. The molecule has 1 N–H and O–H groups in total. The normalized spacial score (nSPS) is 13.4. The molecule has 0 radical (unpaired) electrons. The van der Waals surface area contributed by atoms with Gasteiger partial charge in [-0.05, 0) is 51.4 Å². The van der Waals surface area contributed by atoms with Gasteiger partial charge in [0.15, 0.2) is 0 Å². The highest BCUT2D eigenvalue weighted by atomic mass is 16.5. The van der Waals surface area contributed by atoms with Gasteiger partial charge in [0.05, 0.1) is 17.6 Å². The molecular formula is C21H27N3O3. The van der Waals surface area contributed by atoms with Crippen LogP contribution in [0, 0.1) is 0 Å². The van der Waals surface area contributed by atoms with E-state index < -0.39 is 0 Å². The highest BCUT2D eigenvalue weighted by Crippen LogP contribution is 2.33. The summed E-state index contributed by atoms with van der Waals surface area (Å²) in [5.74, 6) is -0.502. The SMILES string of the molecule is CN(C)CCOC(=O)CCC(=O)Nc1c2c(nc3ccccc13)CCCC2. The molecule has 6 nitrogen and oxygen atoms in total. The van der Waals surface area contributed by atoms with Gasteiger partial charge >= 0.3 is 5.97 Å². The van der Waals surface area contributed by atoms with E-state index >= 15 is 0 Å². The highest BCUT2D eigenvalue weighted by molar-refractivity contribution is 6.03. The number of pyridine rings is 1. The van der Waals surface area contributed by atoms with E-state index in [2.05, 4.69) is 5.32 Å². The van der Waals surface area contributed by atoms with Crippen LogP contribution in [0.25, 0.3) is 10.9 Å². The number of nitrogens with zero attached hydrogens (tertiary/aromatic N) is 2. The molecule has 1 amide bonds. The van der Waals surface area contributed by atoms with E-state index in [1.807, 2.05) is 43.3 Å². The first kappa shape index (κ1) is 19.3. The predicted molar refractivity (Wildman–Crippen MR) is 106 cm³/mol. The average molecular weight is 369 g/mol. The van der Waals surface area contributed by atoms with Crippen molar-refractivity contribution in [2.24, 2.45) is 0 Å². The van der Waals surface area contributed by atoms with Crippen LogP contribution in [-0.2, 0) is 27.2 Å². The monoisotopic (exact) mass is 369 g/mol. The van der Waals surface area contributed by atoms with Crippen molar-refractivity contribution < 1.29 is 14.3 Å². The summed E-state index contributed by atoms with van der Waals surface area (Å²) in [5, 5.41) is 4.01. The van der Waals surface area contributed by atoms with Gasteiger partial charge in [-0.3, -0.25) is 14.6 Å². The summed E-state index contributed by atoms with van der Waals surface area (Å²) < 4.78 is 5.14. The molecule has 0 unspecified atom stereocenters. The van der Waals surface area contributed by atoms with Crippen LogP contribution in [0.3, 0.4) is 0 Å². The Bertz CT molecular complexity index is 833. The van der Waals surface area contributed by atoms with Gasteiger partial charge in [-0.2, -0.15) is 0 Å². The van der Waals surface area contributed by atoms with Crippen molar-refractivity contribution in [3.63, 3.8) is 0 Å². The van der Waals surface area contributed by atoms with Crippen LogP contribution in [0.15, 0.2) is 24.3 Å². The van der Waals surface area contributed by atoms with Crippen LogP contribution >= 0.6 is 0 Å². The maximum absolute atomic E-state index is 12.5. The second-order valence-corrected chi connectivity index (χ2v) is 7.21. The molecule has 0 saturated heterocycles. The number of ether oxygens (including phenoxy) is 1. The summed E-state index contributed by atoms with van der Waals surface area (Å²) in [6.07, 6.45) is 4.31. The number of rotatable bonds is 7. The van der Waals surface area contributed by atoms with Crippen molar-refractivity contribution in [3.05, 3.63) is 35.5 Å². The van der Waals surface area contributed by atoms with Crippen LogP contribution in [0.4, 0.5) is 5.69 Å². The first-order valence-corrected chi connectivity index (χ1v) is 9.55. The number of hydrogen-bond donors (Lipinski definition) is 1. The van der Waals surface area contributed by atoms with Gasteiger partial charge in [-0.15, -0.1) is 0 Å². The van der Waals surface area contributed by atoms with E-state index in [0.717, 1.165) is 53.5 Å². The highest BCUT2D eigenvalue weighted by Gasteiger charge is 2.19. The number of fused-ring (bicyclic) bond motifs is 2. The largest absolute Gasteiger partial charge is 0.464 e. The van der Waals surface area contributed by atoms with Crippen molar-refractivity contribution in [2.75, 3.05) is 32.6 Å². The number of para-hydroxylation sites is 1. The molecule has 3 rings (SSSR count). The molecule has 1 heterocycles. The lowest BCUT2D eigenvalue weighted by atomic mass is 9.92. The first-order valence-electron chi connectivity index (χ1n) is 9.55. The summed E-state index contributed by atoms with van der Waals surface area (Å²) >= 11 is 0. The van der Waals surface area contributed by atoms with E-state index in [4.69, 9.17) is 9.72 Å². The number of benzene rings is 1. The number of aryl methyl sites for hydroxylation is 1. The number of anilines is 1. The Morgan fingerprint density at radius 2 is 1.93 bits per heavy atom. The standard InChI is InChI=1S/C21H27N3O3/c1-24(2)13-14-27-20(26)12-11-19(25)23-21-15-7-3-5-9-17(15)22-18-10-6-4-8-16(18)21/h3,5,7,9H,4,6,8,10-14H2,1-2H3,(H,22,23,25). The van der Waals surface area contributed by atoms with Crippen LogP contribution in [-0.4, -0.2) is 49.0 Å². The summed E-state index contributed by atoms with van der Waals surface area (Å²) in [4.78, 5) is 31.0. The molecule has 144 valence electrons. The fourth-order valence-corrected chi connectivity index (χ4v) is 3.35. The zero-order valence-electron chi connectivity index (χ0n) is 16.1. The molecule has 0 saturated carbocycles. The fraction of sp³-hybridized carbons (Fsp3) is 0.476. The summed E-state index contributed by atoms with van der Waals surface area (Å²) in [5.41, 5.74) is 3.98. The van der Waals surface area contributed by atoms with Gasteiger partial charge in [0.25, 0.3) is 0 Å². The Hall–Kier alpha value is -2.47. The Morgan fingerprint density at radius 1 is 1.15 bits per heavy atom. The number of nitrogens with one attached hydrogen (secondary N) is 1. The van der Waals surface area contributed by atoms with E-state index in [1.165, 1.54) is 0 Å². The van der Waals surface area contributed by atoms with Gasteiger partial charge in [0.2, 0.25) is 5.91 Å². The number of aromatic nitrogens is 1. The third-order valence-corrected chi connectivity index (χ3v) is 4.79. The number of esters is 1. The zero-order chi connectivity index (χ0) is 19.2. The van der Waals surface area contributed by atoms with Gasteiger partial charge in [-0.25, -0.2) is 0 Å². The van der Waals surface area contributed by atoms with Gasteiger partial charge in [0, 0.05) is 24.0 Å². The second kappa shape index (κ2) is 8.95. The third kappa shape index (κ3) is 5.04. The predicted octanol–water partition coefficient (Wildman–Crippen LogP) is 2.94. The lowest BCUT2D eigenvalue weighted by Gasteiger charge is -2.21. The summed E-state index contributed by atoms with van der Waals surface area (Å²) in [6, 6.07) is 7.88. The molecule has 1 aromatic carbocycles. The van der Waals surface area contributed by atoms with Crippen LogP contribution in [0.1, 0.15) is 36.9 Å². The summed E-state index contributed by atoms with van der Waals surface area (Å²) in [6.45, 7) is 1.02. The van der Waals surface area contributed by atoms with Crippen molar-refractivity contribution >= 4 is 28.5 Å². The number of hydrogen-bond acceptors (Lipinski definition) is 5. The molecule has 0 aliphatic heterocycles. The Morgan fingerprint density at radius 3 is 2.74 bits per heavy atom. The number of likely N-dealkylation sites (N-methyl/N-ethyl adjacent to an activating group) is 1. The van der Waals surface area contributed by atoms with Crippen molar-refractivity contribution in [2.45, 2.75) is 38.5 Å². The van der Waals surface area contributed by atoms with E-state index in [-0.39, 0.29) is 24.7 Å². The Balaban J connectivity index is 1.67. The minimum absolute atomic E-state index is 0.0878. The average Bonchev–Trinajstić information content (AvgIpc) is 2.66. The molecule has 1 aliphatic rings. The Kier molecular flexibility index (Phi) is 6.40. The third-order valence-electron chi connectivity index (χ3n) is 4.79. The number of carbonyl (C=O) groups excluding carboxylic acids is 2. The van der Waals surface area contributed by atoms with Gasteiger partial charge < -0.3 is 15.0 Å². The molecule has 0 spiro atoms. The maximum Gasteiger partial charge on any atom is 0.306 e. The lowest BCUT2D eigenvalue weighted by molar-refractivity contribution is -0.144. The van der Waals surface area contributed by atoms with Crippen LogP contribution < -0.4 is 5.32 Å². The molecule has 2 aromatic rings. The second-order valence-electron chi connectivity index (χ2n) is 7.21. The van der Waals surface area contributed by atoms with E-state index in [0.29, 0.717) is 13.2 Å². The van der Waals surface area contributed by atoms with E-state index in [1.54, 1.807) is 0 Å². The fourth-order valence-electron chi connectivity index (χ4n) is 3.35. The van der Waals surface area contributed by atoms with Gasteiger partial charge in [-0.1, -0.05) is 18.2 Å². The topological polar surface area (TPSA) is 71.5 Å². The lowest BCUT2D eigenvalue weighted by Crippen LogP contribution is -2.21. The molecule has 0 atom stereocenters. The Labute approximate surface area is 159 Å². The smallest absolute Gasteiger partial charge is 0.306 e. The zero-order valence-corrected chi connectivity index (χ0v) is 16.1. The molecule has 27 heavy (non-hydrogen) atoms. The quantitative estimate of drug-likeness (QED) is 0.760. The van der Waals surface area contributed by atoms with E-state index in [9.17, 15) is 9.59 Å².